The van der Waals surface area contributed by atoms with Crippen LogP contribution in [0.5, 0.6) is 0 Å². The van der Waals surface area contributed by atoms with Crippen LogP contribution >= 0.6 is 0 Å². The fraction of sp³-hybridized carbons (Fsp3) is 0.583. The van der Waals surface area contributed by atoms with Crippen LogP contribution < -0.4 is 4.90 Å². The molecule has 0 radical (unpaired) electrons. The molecule has 0 aliphatic carbocycles. The molecule has 1 N–H and O–H groups in total. The summed E-state index contributed by atoms with van der Waals surface area (Å²) in [5, 5.41) is 9.17. The number of pyridine rings is 1. The van der Waals surface area contributed by atoms with Crippen molar-refractivity contribution >= 4 is 5.82 Å². The van der Waals surface area contributed by atoms with Gasteiger partial charge < -0.3 is 10.0 Å². The molecule has 0 unspecified atom stereocenters. The van der Waals surface area contributed by atoms with Gasteiger partial charge in [-0.15, -0.1) is 0 Å². The number of hydrogen-bond acceptors (Lipinski definition) is 3. The average Bonchev–Trinajstić information content (AvgIpc) is 2.21. The zero-order valence-corrected chi connectivity index (χ0v) is 9.99. The first-order valence-corrected chi connectivity index (χ1v) is 5.53. The Bertz CT molecular complexity index is 319. The van der Waals surface area contributed by atoms with Gasteiger partial charge in [0.2, 0.25) is 0 Å². The molecule has 0 saturated carbocycles. The van der Waals surface area contributed by atoms with E-state index in [1.807, 2.05) is 26.1 Å². The molecule has 2 heterocycles. The topological polar surface area (TPSA) is 36.4 Å². The van der Waals surface area contributed by atoms with Crippen molar-refractivity contribution in [2.24, 2.45) is 0 Å². The lowest BCUT2D eigenvalue weighted by atomic mass is 10.1. The smallest absolute Gasteiger partial charge is 0.131 e. The number of rotatable bonds is 1. The van der Waals surface area contributed by atoms with E-state index >= 15 is 0 Å². The fourth-order valence-corrected chi connectivity index (χ4v) is 1.56. The number of aliphatic hydroxyl groups is 1. The first-order valence-electron chi connectivity index (χ1n) is 5.53. The Hall–Kier alpha value is -1.09. The Morgan fingerprint density at radius 3 is 2.47 bits per heavy atom. The van der Waals surface area contributed by atoms with Gasteiger partial charge in [0.1, 0.15) is 5.82 Å². The molecule has 1 aliphatic rings. The molecule has 1 aromatic rings. The maximum atomic E-state index is 9.17. The molecule has 1 saturated heterocycles. The molecule has 84 valence electrons. The molecule has 1 fully saturated rings. The summed E-state index contributed by atoms with van der Waals surface area (Å²) in [6, 6.07) is 2.01. The summed E-state index contributed by atoms with van der Waals surface area (Å²) < 4.78 is 0. The van der Waals surface area contributed by atoms with E-state index < -0.39 is 0 Å². The number of aryl methyl sites for hydroxylation is 1. The van der Waals surface area contributed by atoms with Crippen molar-refractivity contribution < 1.29 is 5.11 Å². The van der Waals surface area contributed by atoms with Crippen LogP contribution in [0.3, 0.4) is 0 Å². The van der Waals surface area contributed by atoms with Gasteiger partial charge in [-0.3, -0.25) is 0 Å². The zero-order chi connectivity index (χ0) is 11.4. The van der Waals surface area contributed by atoms with Crippen LogP contribution in [-0.4, -0.2) is 29.3 Å². The van der Waals surface area contributed by atoms with Crippen LogP contribution in [0, 0.1) is 13.8 Å². The van der Waals surface area contributed by atoms with Crippen LogP contribution in [0.15, 0.2) is 12.3 Å². The molecule has 1 aromatic heterocycles. The van der Waals surface area contributed by atoms with E-state index in [1.54, 1.807) is 0 Å². The lowest BCUT2D eigenvalue weighted by Crippen LogP contribution is -2.51. The Kier molecular flexibility index (Phi) is 4.09. The Labute approximate surface area is 91.8 Å². The van der Waals surface area contributed by atoms with Crippen LogP contribution in [0.25, 0.3) is 0 Å². The summed E-state index contributed by atoms with van der Waals surface area (Å²) in [6.07, 6.45) is 1.66. The summed E-state index contributed by atoms with van der Waals surface area (Å²) >= 11 is 0. The maximum Gasteiger partial charge on any atom is 0.131 e. The summed E-state index contributed by atoms with van der Waals surface area (Å²) in [6.45, 7) is 9.59. The van der Waals surface area contributed by atoms with Crippen molar-refractivity contribution in [1.82, 2.24) is 4.98 Å². The number of nitrogens with zero attached hydrogens (tertiary/aromatic N) is 2. The van der Waals surface area contributed by atoms with Gasteiger partial charge in [0.15, 0.2) is 0 Å². The third-order valence-electron chi connectivity index (χ3n) is 2.61. The summed E-state index contributed by atoms with van der Waals surface area (Å²) in [4.78, 5) is 6.41. The molecule has 3 nitrogen and oxygen atoms in total. The highest BCUT2D eigenvalue weighted by Crippen LogP contribution is 2.23. The van der Waals surface area contributed by atoms with Crippen LogP contribution in [-0.2, 0) is 0 Å². The molecule has 0 spiro atoms. The molecule has 0 amide bonds. The van der Waals surface area contributed by atoms with Gasteiger partial charge in [-0.25, -0.2) is 4.98 Å². The zero-order valence-electron chi connectivity index (χ0n) is 9.99. The molecule has 3 heteroatoms. The Morgan fingerprint density at radius 2 is 1.93 bits per heavy atom. The van der Waals surface area contributed by atoms with Gasteiger partial charge in [-0.2, -0.15) is 0 Å². The fourth-order valence-electron chi connectivity index (χ4n) is 1.56. The second kappa shape index (κ2) is 5.12. The minimum absolute atomic E-state index is 0.165. The number of anilines is 1. The number of β-amino-alcohol motifs (C(OH)–C–C–N with tert-alkyl or cyclic N) is 1. The summed E-state index contributed by atoms with van der Waals surface area (Å²) in [5.41, 5.74) is 2.47. The highest BCUT2D eigenvalue weighted by molar-refractivity contribution is 5.51. The number of hydrogen-bond donors (Lipinski definition) is 1. The van der Waals surface area contributed by atoms with E-state index in [-0.39, 0.29) is 6.10 Å². The summed E-state index contributed by atoms with van der Waals surface area (Å²) in [7, 11) is 0. The molecule has 15 heavy (non-hydrogen) atoms. The van der Waals surface area contributed by atoms with Crippen LogP contribution in [0.1, 0.15) is 25.0 Å². The van der Waals surface area contributed by atoms with E-state index in [9.17, 15) is 5.11 Å². The van der Waals surface area contributed by atoms with Gasteiger partial charge in [-0.05, 0) is 31.0 Å². The number of aromatic nitrogens is 1. The summed E-state index contributed by atoms with van der Waals surface area (Å²) in [5.74, 6) is 1.02. The highest BCUT2D eigenvalue weighted by atomic mass is 16.3. The second-order valence-electron chi connectivity index (χ2n) is 3.64. The molecule has 1 aliphatic heterocycles. The van der Waals surface area contributed by atoms with Crippen molar-refractivity contribution in [1.29, 1.82) is 0 Å². The van der Waals surface area contributed by atoms with E-state index in [1.165, 1.54) is 11.1 Å². The van der Waals surface area contributed by atoms with E-state index in [0.29, 0.717) is 0 Å². The van der Waals surface area contributed by atoms with Crippen LogP contribution in [0.4, 0.5) is 5.82 Å². The molecular formula is C12H20N2O. The molecule has 2 rings (SSSR count). The Morgan fingerprint density at radius 1 is 1.33 bits per heavy atom. The van der Waals surface area contributed by atoms with Crippen molar-refractivity contribution in [3.63, 3.8) is 0 Å². The lowest BCUT2D eigenvalue weighted by Gasteiger charge is -2.37. The van der Waals surface area contributed by atoms with Gasteiger partial charge >= 0.3 is 0 Å². The minimum Gasteiger partial charge on any atom is -0.389 e. The van der Waals surface area contributed by atoms with Gasteiger partial charge in [0.05, 0.1) is 6.10 Å². The third kappa shape index (κ3) is 2.48. The predicted molar refractivity (Wildman–Crippen MR) is 63.3 cm³/mol. The van der Waals surface area contributed by atoms with Gasteiger partial charge in [-0.1, -0.05) is 13.8 Å². The monoisotopic (exact) mass is 208 g/mol. The molecule has 0 aromatic carbocycles. The minimum atomic E-state index is -0.165. The van der Waals surface area contributed by atoms with Gasteiger partial charge in [0.25, 0.3) is 0 Å². The van der Waals surface area contributed by atoms with Crippen molar-refractivity contribution in [3.05, 3.63) is 23.4 Å². The standard InChI is InChI=1S/C10H14N2O.C2H6/c1-7-3-4-11-10(8(7)2)12-5-9(13)6-12;1-2/h3-4,9,13H,5-6H2,1-2H3;1-2H3. The molecule has 0 bridgehead atoms. The molecular weight excluding hydrogens is 188 g/mol. The third-order valence-corrected chi connectivity index (χ3v) is 2.61. The second-order valence-corrected chi connectivity index (χ2v) is 3.64. The lowest BCUT2D eigenvalue weighted by molar-refractivity contribution is 0.141. The maximum absolute atomic E-state index is 9.17. The largest absolute Gasteiger partial charge is 0.389 e. The molecule has 0 atom stereocenters. The normalized spacial score (nSPS) is 15.4. The predicted octanol–water partition coefficient (Wildman–Crippen LogP) is 1.91. The highest BCUT2D eigenvalue weighted by Gasteiger charge is 2.26. The number of aliphatic hydroxyl groups excluding tert-OH is 1. The average molecular weight is 208 g/mol. The van der Waals surface area contributed by atoms with E-state index in [0.717, 1.165) is 18.9 Å². The Balaban J connectivity index is 0.000000531. The van der Waals surface area contributed by atoms with Crippen molar-refractivity contribution in [3.8, 4) is 0 Å². The first-order chi connectivity index (χ1) is 7.18. The van der Waals surface area contributed by atoms with E-state index in [4.69, 9.17) is 0 Å². The van der Waals surface area contributed by atoms with E-state index in [2.05, 4.69) is 23.7 Å². The SMILES string of the molecule is CC.Cc1ccnc(N2CC(O)C2)c1C. The van der Waals surface area contributed by atoms with Crippen molar-refractivity contribution in [2.45, 2.75) is 33.8 Å². The van der Waals surface area contributed by atoms with Crippen LogP contribution in [0.2, 0.25) is 0 Å². The quantitative estimate of drug-likeness (QED) is 0.766. The van der Waals surface area contributed by atoms with Gasteiger partial charge in [0, 0.05) is 19.3 Å². The first kappa shape index (κ1) is 12.0. The van der Waals surface area contributed by atoms with Crippen molar-refractivity contribution in [2.75, 3.05) is 18.0 Å².